The number of H-pyrrole nitrogens is 1. The fourth-order valence-electron chi connectivity index (χ4n) is 2.30. The lowest BCUT2D eigenvalue weighted by Gasteiger charge is -2.12. The minimum absolute atomic E-state index is 0.250. The van der Waals surface area contributed by atoms with E-state index in [0.29, 0.717) is 22.7 Å². The molecule has 0 aliphatic carbocycles. The van der Waals surface area contributed by atoms with Gasteiger partial charge in [-0.15, -0.1) is 0 Å². The van der Waals surface area contributed by atoms with E-state index in [4.69, 9.17) is 11.6 Å². The molecule has 0 fully saturated rings. The summed E-state index contributed by atoms with van der Waals surface area (Å²) in [5.74, 6) is 0.944. The van der Waals surface area contributed by atoms with E-state index in [-0.39, 0.29) is 10.7 Å². The number of halogens is 4. The fraction of sp³-hybridized carbons (Fsp3) is 0.200. The quantitative estimate of drug-likeness (QED) is 0.691. The highest BCUT2D eigenvalue weighted by Crippen LogP contribution is 2.37. The van der Waals surface area contributed by atoms with Crippen LogP contribution in [0.2, 0.25) is 5.02 Å². The molecular weight excluding hydrogens is 329 g/mol. The number of aryl methyl sites for hydroxylation is 2. The zero-order valence-corrected chi connectivity index (χ0v) is 13.0. The Labute approximate surface area is 134 Å². The van der Waals surface area contributed by atoms with Gasteiger partial charge < -0.3 is 10.3 Å². The lowest BCUT2D eigenvalue weighted by molar-refractivity contribution is -0.137. The summed E-state index contributed by atoms with van der Waals surface area (Å²) in [6.07, 6.45) is -4.52. The van der Waals surface area contributed by atoms with Crippen LogP contribution < -0.4 is 5.32 Å². The molecule has 0 bridgehead atoms. The van der Waals surface area contributed by atoms with Crippen molar-refractivity contribution in [2.45, 2.75) is 20.0 Å². The molecule has 1 aromatic carbocycles. The number of fused-ring (bicyclic) bond motifs is 1. The summed E-state index contributed by atoms with van der Waals surface area (Å²) in [5.41, 5.74) is 0.869. The first-order chi connectivity index (χ1) is 10.7. The molecule has 4 nitrogen and oxygen atoms in total. The SMILES string of the molecule is Cc1nc(Nc2ccc(Cl)c(C(F)(F)F)c2)c2cc(C)[nH]c2n1. The molecule has 3 aromatic rings. The van der Waals surface area contributed by atoms with Gasteiger partial charge in [-0.05, 0) is 38.1 Å². The zero-order valence-electron chi connectivity index (χ0n) is 12.2. The standard InChI is InChI=1S/C15H12ClF3N4/c1-7-5-10-13(20-7)21-8(2)22-14(10)23-9-3-4-12(16)11(6-9)15(17,18)19/h3-6H,1-2H3,(H2,20,21,22,23). The number of hydrogen-bond donors (Lipinski definition) is 2. The number of alkyl halides is 3. The van der Waals surface area contributed by atoms with Crippen molar-refractivity contribution < 1.29 is 13.2 Å². The summed E-state index contributed by atoms with van der Waals surface area (Å²) in [5, 5.41) is 3.27. The normalized spacial score (nSPS) is 11.9. The first-order valence-corrected chi connectivity index (χ1v) is 7.09. The molecule has 0 unspecified atom stereocenters. The number of anilines is 2. The smallest absolute Gasteiger partial charge is 0.343 e. The topological polar surface area (TPSA) is 53.6 Å². The predicted molar refractivity (Wildman–Crippen MR) is 83.1 cm³/mol. The van der Waals surface area contributed by atoms with Gasteiger partial charge in [-0.1, -0.05) is 11.6 Å². The maximum Gasteiger partial charge on any atom is 0.417 e. The van der Waals surface area contributed by atoms with Crippen LogP contribution in [0.3, 0.4) is 0 Å². The summed E-state index contributed by atoms with van der Waals surface area (Å²) in [4.78, 5) is 11.6. The van der Waals surface area contributed by atoms with Crippen molar-refractivity contribution in [2.75, 3.05) is 5.32 Å². The highest BCUT2D eigenvalue weighted by molar-refractivity contribution is 6.31. The van der Waals surface area contributed by atoms with Gasteiger partial charge in [-0.2, -0.15) is 13.2 Å². The number of nitrogens with one attached hydrogen (secondary N) is 2. The summed E-state index contributed by atoms with van der Waals surface area (Å²) < 4.78 is 38.8. The van der Waals surface area contributed by atoms with Gasteiger partial charge in [-0.3, -0.25) is 0 Å². The van der Waals surface area contributed by atoms with Crippen molar-refractivity contribution >= 4 is 34.1 Å². The van der Waals surface area contributed by atoms with E-state index < -0.39 is 11.7 Å². The summed E-state index contributed by atoms with van der Waals surface area (Å²) >= 11 is 5.63. The van der Waals surface area contributed by atoms with Crippen LogP contribution in [0.1, 0.15) is 17.1 Å². The second-order valence-corrected chi connectivity index (χ2v) is 5.56. The van der Waals surface area contributed by atoms with Gasteiger partial charge >= 0.3 is 6.18 Å². The Morgan fingerprint density at radius 1 is 1.13 bits per heavy atom. The number of aromatic nitrogens is 3. The summed E-state index contributed by atoms with van der Waals surface area (Å²) in [6.45, 7) is 3.58. The lowest BCUT2D eigenvalue weighted by Crippen LogP contribution is -2.07. The number of nitrogens with zero attached hydrogens (tertiary/aromatic N) is 2. The number of rotatable bonds is 2. The Bertz CT molecular complexity index is 886. The van der Waals surface area contributed by atoms with E-state index in [1.807, 2.05) is 13.0 Å². The molecule has 0 aliphatic heterocycles. The van der Waals surface area contributed by atoms with Crippen LogP contribution >= 0.6 is 11.6 Å². The Balaban J connectivity index is 2.06. The second-order valence-electron chi connectivity index (χ2n) is 5.15. The zero-order chi connectivity index (χ0) is 16.8. The van der Waals surface area contributed by atoms with Gasteiger partial charge in [0.1, 0.15) is 17.3 Å². The average Bonchev–Trinajstić information content (AvgIpc) is 2.80. The van der Waals surface area contributed by atoms with E-state index in [1.54, 1.807) is 6.92 Å². The van der Waals surface area contributed by atoms with Crippen LogP contribution in [0.4, 0.5) is 24.7 Å². The first kappa shape index (κ1) is 15.6. The predicted octanol–water partition coefficient (Wildman–Crippen LogP) is 4.99. The third kappa shape index (κ3) is 3.10. The Hall–Kier alpha value is -2.28. The largest absolute Gasteiger partial charge is 0.417 e. The lowest BCUT2D eigenvalue weighted by atomic mass is 10.2. The molecule has 2 aromatic heterocycles. The van der Waals surface area contributed by atoms with Gasteiger partial charge in [0.2, 0.25) is 0 Å². The van der Waals surface area contributed by atoms with Gasteiger partial charge in [0.05, 0.1) is 16.0 Å². The van der Waals surface area contributed by atoms with E-state index >= 15 is 0 Å². The molecule has 0 atom stereocenters. The molecule has 8 heteroatoms. The van der Waals surface area contributed by atoms with Crippen LogP contribution in [0, 0.1) is 13.8 Å². The Morgan fingerprint density at radius 3 is 2.57 bits per heavy atom. The molecule has 2 N–H and O–H groups in total. The Morgan fingerprint density at radius 2 is 1.87 bits per heavy atom. The average molecular weight is 341 g/mol. The van der Waals surface area contributed by atoms with Crippen molar-refractivity contribution in [3.05, 3.63) is 46.4 Å². The monoisotopic (exact) mass is 340 g/mol. The number of aromatic amines is 1. The second kappa shape index (κ2) is 5.42. The minimum Gasteiger partial charge on any atom is -0.343 e. The molecule has 0 amide bonds. The molecule has 0 saturated carbocycles. The van der Waals surface area contributed by atoms with Crippen molar-refractivity contribution in [2.24, 2.45) is 0 Å². The van der Waals surface area contributed by atoms with Crippen molar-refractivity contribution in [3.63, 3.8) is 0 Å². The number of hydrogen-bond acceptors (Lipinski definition) is 3. The van der Waals surface area contributed by atoms with E-state index in [9.17, 15) is 13.2 Å². The van der Waals surface area contributed by atoms with Crippen LogP contribution in [-0.4, -0.2) is 15.0 Å². The maximum atomic E-state index is 12.9. The molecule has 0 radical (unpaired) electrons. The van der Waals surface area contributed by atoms with Crippen LogP contribution in [-0.2, 0) is 6.18 Å². The maximum absolute atomic E-state index is 12.9. The number of benzene rings is 1. The highest BCUT2D eigenvalue weighted by atomic mass is 35.5. The molecule has 0 spiro atoms. The van der Waals surface area contributed by atoms with Crippen LogP contribution in [0.25, 0.3) is 11.0 Å². The summed E-state index contributed by atoms with van der Waals surface area (Å²) in [7, 11) is 0. The van der Waals surface area contributed by atoms with E-state index in [1.165, 1.54) is 12.1 Å². The molecule has 2 heterocycles. The molecular formula is C15H12ClF3N4. The molecule has 120 valence electrons. The highest BCUT2D eigenvalue weighted by Gasteiger charge is 2.33. The van der Waals surface area contributed by atoms with Crippen molar-refractivity contribution in [1.82, 2.24) is 15.0 Å². The van der Waals surface area contributed by atoms with Gasteiger partial charge in [0.15, 0.2) is 0 Å². The van der Waals surface area contributed by atoms with Crippen molar-refractivity contribution in [3.8, 4) is 0 Å². The molecule has 3 rings (SSSR count). The van der Waals surface area contributed by atoms with Gasteiger partial charge in [0, 0.05) is 11.4 Å². The third-order valence-corrected chi connectivity index (χ3v) is 3.60. The van der Waals surface area contributed by atoms with Gasteiger partial charge in [0.25, 0.3) is 0 Å². The van der Waals surface area contributed by atoms with Crippen LogP contribution in [0.5, 0.6) is 0 Å². The Kier molecular flexibility index (Phi) is 3.68. The van der Waals surface area contributed by atoms with Crippen LogP contribution in [0.15, 0.2) is 24.3 Å². The molecule has 0 aliphatic rings. The van der Waals surface area contributed by atoms with Gasteiger partial charge in [-0.25, -0.2) is 9.97 Å². The first-order valence-electron chi connectivity index (χ1n) is 6.72. The fourth-order valence-corrected chi connectivity index (χ4v) is 2.53. The molecule has 0 saturated heterocycles. The summed E-state index contributed by atoms with van der Waals surface area (Å²) in [6, 6.07) is 5.48. The third-order valence-electron chi connectivity index (χ3n) is 3.27. The van der Waals surface area contributed by atoms with E-state index in [2.05, 4.69) is 20.3 Å². The van der Waals surface area contributed by atoms with E-state index in [0.717, 1.165) is 11.8 Å². The molecule has 23 heavy (non-hydrogen) atoms. The van der Waals surface area contributed by atoms with Crippen molar-refractivity contribution in [1.29, 1.82) is 0 Å². The minimum atomic E-state index is -4.52.